The second-order valence-corrected chi connectivity index (χ2v) is 6.80. The van der Waals surface area contributed by atoms with Gasteiger partial charge >= 0.3 is 0 Å². The molecule has 3 heterocycles. The number of carbonyl (C=O) groups is 1. The molecule has 0 aliphatic rings. The minimum absolute atomic E-state index is 0.209. The molecule has 0 saturated carbocycles. The first-order valence-corrected chi connectivity index (χ1v) is 9.02. The number of amides is 1. The molecule has 28 heavy (non-hydrogen) atoms. The number of hydrogen-bond acceptors (Lipinski definition) is 6. The standard InChI is InChI=1S/C19H20N8O/c1-13(2)27-18-15(10-22-27)9-16(11-20-18)23-19(28)17(26-12-21-24-25-26)8-14-6-4-3-5-7-14/h3-7,9-13,17H,8H2,1-2H3,(H,23,28). The first-order chi connectivity index (χ1) is 13.6. The smallest absolute Gasteiger partial charge is 0.249 e. The largest absolute Gasteiger partial charge is 0.323 e. The predicted molar refractivity (Wildman–Crippen MR) is 104 cm³/mol. The Morgan fingerprint density at radius 3 is 2.71 bits per heavy atom. The molecule has 1 N–H and O–H groups in total. The molecule has 0 fully saturated rings. The van der Waals surface area contributed by atoms with E-state index in [0.717, 1.165) is 16.6 Å². The van der Waals surface area contributed by atoms with Crippen LogP contribution in [-0.4, -0.2) is 40.9 Å². The molecular formula is C19H20N8O. The third kappa shape index (κ3) is 3.59. The van der Waals surface area contributed by atoms with Crippen LogP contribution >= 0.6 is 0 Å². The Labute approximate surface area is 161 Å². The SMILES string of the molecule is CC(C)n1ncc2cc(NC(=O)C(Cc3ccccc3)n3cnnn3)cnc21. The summed E-state index contributed by atoms with van der Waals surface area (Å²) in [5.74, 6) is -0.214. The van der Waals surface area contributed by atoms with E-state index in [-0.39, 0.29) is 11.9 Å². The van der Waals surface area contributed by atoms with Crippen molar-refractivity contribution in [1.82, 2.24) is 35.0 Å². The summed E-state index contributed by atoms with van der Waals surface area (Å²) in [7, 11) is 0. The summed E-state index contributed by atoms with van der Waals surface area (Å²) in [5, 5.41) is 19.4. The molecule has 142 valence electrons. The van der Waals surface area contributed by atoms with Crippen molar-refractivity contribution in [1.29, 1.82) is 0 Å². The fraction of sp³-hybridized carbons (Fsp3) is 0.263. The van der Waals surface area contributed by atoms with Gasteiger partial charge in [-0.1, -0.05) is 30.3 Å². The zero-order valence-corrected chi connectivity index (χ0v) is 15.6. The quantitative estimate of drug-likeness (QED) is 0.554. The van der Waals surface area contributed by atoms with Crippen molar-refractivity contribution in [3.05, 3.63) is 60.7 Å². The van der Waals surface area contributed by atoms with Crippen LogP contribution in [0, 0.1) is 0 Å². The van der Waals surface area contributed by atoms with Crippen molar-refractivity contribution >= 4 is 22.6 Å². The molecule has 9 heteroatoms. The molecule has 4 rings (SSSR count). The van der Waals surface area contributed by atoms with E-state index in [1.807, 2.05) is 54.9 Å². The van der Waals surface area contributed by atoms with Gasteiger partial charge in [0.1, 0.15) is 12.4 Å². The molecule has 1 aromatic carbocycles. The zero-order chi connectivity index (χ0) is 19.5. The number of benzene rings is 1. The predicted octanol–water partition coefficient (Wildman–Crippen LogP) is 2.42. The minimum Gasteiger partial charge on any atom is -0.323 e. The van der Waals surface area contributed by atoms with Crippen LogP contribution in [0.2, 0.25) is 0 Å². The van der Waals surface area contributed by atoms with Gasteiger partial charge in [0.15, 0.2) is 5.65 Å². The number of carbonyl (C=O) groups excluding carboxylic acids is 1. The second-order valence-electron chi connectivity index (χ2n) is 6.80. The average Bonchev–Trinajstić information content (AvgIpc) is 3.36. The van der Waals surface area contributed by atoms with Gasteiger partial charge in [0, 0.05) is 17.8 Å². The third-order valence-electron chi connectivity index (χ3n) is 4.45. The zero-order valence-electron chi connectivity index (χ0n) is 15.6. The Bertz CT molecular complexity index is 1070. The van der Waals surface area contributed by atoms with Crippen LogP contribution in [0.3, 0.4) is 0 Å². The summed E-state index contributed by atoms with van der Waals surface area (Å²) in [4.78, 5) is 17.4. The Balaban J connectivity index is 1.58. The Morgan fingerprint density at radius 2 is 2.00 bits per heavy atom. The maximum atomic E-state index is 13.0. The molecule has 0 bridgehead atoms. The normalized spacial score (nSPS) is 12.4. The van der Waals surface area contributed by atoms with Crippen molar-refractivity contribution < 1.29 is 4.79 Å². The number of nitrogens with zero attached hydrogens (tertiary/aromatic N) is 7. The molecule has 0 aliphatic carbocycles. The molecule has 3 aromatic heterocycles. The van der Waals surface area contributed by atoms with E-state index in [4.69, 9.17) is 0 Å². The highest BCUT2D eigenvalue weighted by Gasteiger charge is 2.23. The highest BCUT2D eigenvalue weighted by Crippen LogP contribution is 2.21. The fourth-order valence-corrected chi connectivity index (χ4v) is 3.07. The molecular weight excluding hydrogens is 356 g/mol. The summed E-state index contributed by atoms with van der Waals surface area (Å²) in [6, 6.07) is 11.3. The van der Waals surface area contributed by atoms with Crippen molar-refractivity contribution in [3.8, 4) is 0 Å². The van der Waals surface area contributed by atoms with E-state index in [2.05, 4.69) is 30.9 Å². The number of rotatable bonds is 6. The van der Waals surface area contributed by atoms with E-state index in [1.54, 1.807) is 12.4 Å². The van der Waals surface area contributed by atoms with Gasteiger partial charge in [-0.25, -0.2) is 14.3 Å². The lowest BCUT2D eigenvalue weighted by molar-refractivity contribution is -0.119. The van der Waals surface area contributed by atoms with E-state index in [1.165, 1.54) is 11.0 Å². The van der Waals surface area contributed by atoms with Gasteiger partial charge in [0.05, 0.1) is 18.1 Å². The highest BCUT2D eigenvalue weighted by molar-refractivity contribution is 5.95. The van der Waals surface area contributed by atoms with Gasteiger partial charge in [-0.3, -0.25) is 4.79 Å². The van der Waals surface area contributed by atoms with Crippen LogP contribution in [0.25, 0.3) is 11.0 Å². The number of anilines is 1. The Hall–Kier alpha value is -3.62. The van der Waals surface area contributed by atoms with Crippen molar-refractivity contribution in [3.63, 3.8) is 0 Å². The van der Waals surface area contributed by atoms with Crippen LogP contribution in [-0.2, 0) is 11.2 Å². The van der Waals surface area contributed by atoms with Crippen molar-refractivity contribution in [2.24, 2.45) is 0 Å². The van der Waals surface area contributed by atoms with Gasteiger partial charge in [-0.05, 0) is 35.9 Å². The molecule has 1 amide bonds. The van der Waals surface area contributed by atoms with Crippen molar-refractivity contribution in [2.45, 2.75) is 32.4 Å². The first kappa shape index (κ1) is 17.8. The molecule has 1 atom stereocenters. The number of hydrogen-bond donors (Lipinski definition) is 1. The topological polar surface area (TPSA) is 103 Å². The lowest BCUT2D eigenvalue weighted by Crippen LogP contribution is -2.28. The molecule has 1 unspecified atom stereocenters. The maximum absolute atomic E-state index is 13.0. The van der Waals surface area contributed by atoms with Crippen LogP contribution < -0.4 is 5.32 Å². The summed E-state index contributed by atoms with van der Waals surface area (Å²) in [5.41, 5.74) is 2.41. The average molecular weight is 376 g/mol. The van der Waals surface area contributed by atoms with Gasteiger partial charge in [0.25, 0.3) is 0 Å². The molecule has 0 saturated heterocycles. The number of tetrazole rings is 1. The summed E-state index contributed by atoms with van der Waals surface area (Å²) in [6.07, 6.45) is 5.31. The van der Waals surface area contributed by atoms with E-state index >= 15 is 0 Å². The Morgan fingerprint density at radius 1 is 1.18 bits per heavy atom. The third-order valence-corrected chi connectivity index (χ3v) is 4.45. The van der Waals surface area contributed by atoms with Crippen molar-refractivity contribution in [2.75, 3.05) is 5.32 Å². The van der Waals surface area contributed by atoms with Gasteiger partial charge in [0.2, 0.25) is 5.91 Å². The molecule has 9 nitrogen and oxygen atoms in total. The summed E-state index contributed by atoms with van der Waals surface area (Å²) < 4.78 is 3.31. The number of pyridine rings is 1. The molecule has 4 aromatic rings. The second kappa shape index (κ2) is 7.55. The lowest BCUT2D eigenvalue weighted by Gasteiger charge is -2.16. The van der Waals surface area contributed by atoms with Gasteiger partial charge in [-0.2, -0.15) is 5.10 Å². The van der Waals surface area contributed by atoms with Gasteiger partial charge < -0.3 is 5.32 Å². The first-order valence-electron chi connectivity index (χ1n) is 9.02. The molecule has 0 spiro atoms. The molecule has 0 radical (unpaired) electrons. The Kier molecular flexibility index (Phi) is 4.79. The summed E-state index contributed by atoms with van der Waals surface area (Å²) in [6.45, 7) is 4.09. The number of fused-ring (bicyclic) bond motifs is 1. The minimum atomic E-state index is -0.577. The monoisotopic (exact) mass is 376 g/mol. The van der Waals surface area contributed by atoms with Crippen LogP contribution in [0.15, 0.2) is 55.1 Å². The lowest BCUT2D eigenvalue weighted by atomic mass is 10.1. The summed E-state index contributed by atoms with van der Waals surface area (Å²) >= 11 is 0. The van der Waals surface area contributed by atoms with Crippen LogP contribution in [0.5, 0.6) is 0 Å². The van der Waals surface area contributed by atoms with Crippen LogP contribution in [0.1, 0.15) is 31.5 Å². The van der Waals surface area contributed by atoms with Gasteiger partial charge in [-0.15, -0.1) is 5.10 Å². The van der Waals surface area contributed by atoms with E-state index in [0.29, 0.717) is 12.1 Å². The maximum Gasteiger partial charge on any atom is 0.249 e. The van der Waals surface area contributed by atoms with Crippen LogP contribution in [0.4, 0.5) is 5.69 Å². The highest BCUT2D eigenvalue weighted by atomic mass is 16.2. The molecule has 0 aliphatic heterocycles. The fourth-order valence-electron chi connectivity index (χ4n) is 3.07. The van der Waals surface area contributed by atoms with E-state index < -0.39 is 6.04 Å². The van der Waals surface area contributed by atoms with E-state index in [9.17, 15) is 4.79 Å². The number of nitrogens with one attached hydrogen (secondary N) is 1. The number of aromatic nitrogens is 7.